The molecule has 0 spiro atoms. The lowest BCUT2D eigenvalue weighted by molar-refractivity contribution is 0.878. The topological polar surface area (TPSA) is 37.8 Å². The van der Waals surface area contributed by atoms with Crippen LogP contribution in [0.4, 0.5) is 5.82 Å². The molecule has 1 heterocycles. The number of rotatable bonds is 7. The summed E-state index contributed by atoms with van der Waals surface area (Å²) in [5.74, 6) is 1.86. The lowest BCUT2D eigenvalue weighted by Crippen LogP contribution is -2.03. The monoisotopic (exact) mass is 319 g/mol. The maximum Gasteiger partial charge on any atom is 0.190 e. The molecule has 5 heteroatoms. The van der Waals surface area contributed by atoms with Gasteiger partial charge in [-0.05, 0) is 30.7 Å². The van der Waals surface area contributed by atoms with Gasteiger partial charge in [-0.25, -0.2) is 9.97 Å². The normalized spacial score (nSPS) is 10.6. The molecule has 3 nitrogen and oxygen atoms in total. The van der Waals surface area contributed by atoms with E-state index in [9.17, 15) is 0 Å². The van der Waals surface area contributed by atoms with Crippen molar-refractivity contribution in [1.82, 2.24) is 9.97 Å². The van der Waals surface area contributed by atoms with Crippen molar-refractivity contribution < 1.29 is 0 Å². The van der Waals surface area contributed by atoms with Crippen molar-refractivity contribution in [3.63, 3.8) is 0 Å². The van der Waals surface area contributed by atoms with Crippen LogP contribution in [-0.2, 0) is 5.75 Å². The third kappa shape index (κ3) is 4.93. The first-order chi connectivity index (χ1) is 10.2. The van der Waals surface area contributed by atoms with Gasteiger partial charge in [0.05, 0.1) is 0 Å². The highest BCUT2D eigenvalue weighted by Crippen LogP contribution is 2.26. The Bertz CT molecular complexity index is 587. The van der Waals surface area contributed by atoms with Crippen molar-refractivity contribution in [2.45, 2.75) is 36.2 Å². The molecule has 2 rings (SSSR count). The second kappa shape index (κ2) is 8.29. The lowest BCUT2D eigenvalue weighted by atomic mass is 10.1. The zero-order valence-corrected chi connectivity index (χ0v) is 14.4. The van der Waals surface area contributed by atoms with Crippen LogP contribution in [0.25, 0.3) is 0 Å². The average Bonchev–Trinajstić information content (AvgIpc) is 2.52. The molecule has 0 unspecified atom stereocenters. The Morgan fingerprint density at radius 1 is 1.19 bits per heavy atom. The van der Waals surface area contributed by atoms with Crippen LogP contribution in [-0.4, -0.2) is 22.8 Å². The van der Waals surface area contributed by atoms with E-state index in [-0.39, 0.29) is 0 Å². The van der Waals surface area contributed by atoms with Crippen LogP contribution < -0.4 is 5.32 Å². The first kappa shape index (κ1) is 16.2. The molecule has 1 N–H and O–H groups in total. The minimum Gasteiger partial charge on any atom is -0.370 e. The van der Waals surface area contributed by atoms with Crippen molar-refractivity contribution in [3.8, 4) is 0 Å². The number of hydrogen-bond donors (Lipinski definition) is 1. The van der Waals surface area contributed by atoms with Crippen molar-refractivity contribution in [3.05, 3.63) is 41.5 Å². The Morgan fingerprint density at radius 3 is 2.71 bits per heavy atom. The van der Waals surface area contributed by atoms with Crippen molar-refractivity contribution in [1.29, 1.82) is 0 Å². The van der Waals surface area contributed by atoms with E-state index in [2.05, 4.69) is 53.4 Å². The van der Waals surface area contributed by atoms with Crippen LogP contribution in [0.1, 0.15) is 24.5 Å². The maximum atomic E-state index is 4.58. The Kier molecular flexibility index (Phi) is 6.39. The Morgan fingerprint density at radius 2 is 2.00 bits per heavy atom. The number of nitrogens with zero attached hydrogens (tertiary/aromatic N) is 2. The quantitative estimate of drug-likeness (QED) is 0.458. The molecule has 0 aliphatic carbocycles. The van der Waals surface area contributed by atoms with Crippen molar-refractivity contribution >= 4 is 29.3 Å². The summed E-state index contributed by atoms with van der Waals surface area (Å²) < 4.78 is 0. The first-order valence-corrected chi connectivity index (χ1v) is 9.28. The van der Waals surface area contributed by atoms with Gasteiger partial charge >= 0.3 is 0 Å². The second-order valence-electron chi connectivity index (χ2n) is 4.72. The molecule has 0 amide bonds. The molecule has 0 saturated carbocycles. The number of aromatic nitrogens is 2. The Labute approximate surface area is 135 Å². The predicted octanol–water partition coefficient (Wildman–Crippen LogP) is 4.62. The third-order valence-corrected chi connectivity index (χ3v) is 4.57. The van der Waals surface area contributed by atoms with Crippen molar-refractivity contribution in [2.75, 3.05) is 18.1 Å². The summed E-state index contributed by atoms with van der Waals surface area (Å²) in [5.41, 5.74) is 2.68. The summed E-state index contributed by atoms with van der Waals surface area (Å²) in [6.45, 7) is 5.24. The van der Waals surface area contributed by atoms with Gasteiger partial charge in [-0.1, -0.05) is 43.0 Å². The van der Waals surface area contributed by atoms with E-state index in [0.29, 0.717) is 0 Å². The van der Waals surface area contributed by atoms with Gasteiger partial charge in [0, 0.05) is 18.4 Å². The van der Waals surface area contributed by atoms with Gasteiger partial charge < -0.3 is 5.32 Å². The number of thioether (sulfide) groups is 2. The van der Waals surface area contributed by atoms with Crippen LogP contribution in [0, 0.1) is 6.92 Å². The number of benzene rings is 1. The van der Waals surface area contributed by atoms with Crippen LogP contribution in [0.5, 0.6) is 0 Å². The molecule has 21 heavy (non-hydrogen) atoms. The largest absolute Gasteiger partial charge is 0.370 e. The number of anilines is 1. The van der Waals surface area contributed by atoms with Gasteiger partial charge in [0.1, 0.15) is 10.8 Å². The van der Waals surface area contributed by atoms with E-state index in [1.165, 1.54) is 11.1 Å². The minimum absolute atomic E-state index is 0.823. The van der Waals surface area contributed by atoms with Crippen LogP contribution in [0.15, 0.2) is 40.5 Å². The minimum atomic E-state index is 0.823. The molecule has 0 fully saturated rings. The van der Waals surface area contributed by atoms with E-state index in [1.54, 1.807) is 23.5 Å². The van der Waals surface area contributed by atoms with E-state index in [4.69, 9.17) is 0 Å². The highest BCUT2D eigenvalue weighted by molar-refractivity contribution is 7.99. The van der Waals surface area contributed by atoms with Gasteiger partial charge in [-0.15, -0.1) is 11.8 Å². The summed E-state index contributed by atoms with van der Waals surface area (Å²) in [4.78, 5) is 9.07. The molecule has 0 aliphatic rings. The van der Waals surface area contributed by atoms with Crippen molar-refractivity contribution in [2.24, 2.45) is 0 Å². The molecule has 1 aromatic carbocycles. The number of nitrogens with one attached hydrogen (secondary N) is 1. The Hall–Kier alpha value is -1.20. The highest BCUT2D eigenvalue weighted by atomic mass is 32.2. The average molecular weight is 319 g/mol. The summed E-state index contributed by atoms with van der Waals surface area (Å²) in [6.07, 6.45) is 3.10. The standard InChI is InChI=1S/C16H21N3S2/c1-4-9-17-14-10-15(19-16(18-14)20-3)21-11-13-8-6-5-7-12(13)2/h5-8,10H,4,9,11H2,1-3H3,(H,17,18,19). The summed E-state index contributed by atoms with van der Waals surface area (Å²) in [6, 6.07) is 10.5. The molecule has 0 saturated heterocycles. The number of aryl methyl sites for hydroxylation is 1. The SMILES string of the molecule is CCCNc1cc(SCc2ccccc2C)nc(SC)n1. The first-order valence-electron chi connectivity index (χ1n) is 7.07. The third-order valence-electron chi connectivity index (χ3n) is 3.06. The van der Waals surface area contributed by atoms with Crippen LogP contribution >= 0.6 is 23.5 Å². The molecule has 2 aromatic rings. The second-order valence-corrected chi connectivity index (χ2v) is 6.49. The molecule has 0 radical (unpaired) electrons. The highest BCUT2D eigenvalue weighted by Gasteiger charge is 2.06. The fraction of sp³-hybridized carbons (Fsp3) is 0.375. The summed E-state index contributed by atoms with van der Waals surface area (Å²) in [7, 11) is 0. The fourth-order valence-corrected chi connectivity index (χ4v) is 3.25. The van der Waals surface area contributed by atoms with Gasteiger partial charge in [-0.3, -0.25) is 0 Å². The Balaban J connectivity index is 2.09. The van der Waals surface area contributed by atoms with Gasteiger partial charge in [0.15, 0.2) is 5.16 Å². The molecule has 112 valence electrons. The van der Waals surface area contributed by atoms with E-state index < -0.39 is 0 Å². The molecular formula is C16H21N3S2. The molecule has 0 aliphatic heterocycles. The summed E-state index contributed by atoms with van der Waals surface area (Å²) >= 11 is 3.34. The lowest BCUT2D eigenvalue weighted by Gasteiger charge is -2.09. The molecule has 1 aromatic heterocycles. The predicted molar refractivity (Wildman–Crippen MR) is 93.3 cm³/mol. The van der Waals surface area contributed by atoms with Gasteiger partial charge in [-0.2, -0.15) is 0 Å². The van der Waals surface area contributed by atoms with Crippen LogP contribution in [0.3, 0.4) is 0 Å². The van der Waals surface area contributed by atoms with E-state index in [0.717, 1.165) is 34.7 Å². The molecule has 0 bridgehead atoms. The zero-order valence-electron chi connectivity index (χ0n) is 12.7. The summed E-state index contributed by atoms with van der Waals surface area (Å²) in [5, 5.41) is 5.19. The molecule has 0 atom stereocenters. The van der Waals surface area contributed by atoms with Gasteiger partial charge in [0.25, 0.3) is 0 Å². The zero-order chi connectivity index (χ0) is 15.1. The van der Waals surface area contributed by atoms with Crippen LogP contribution in [0.2, 0.25) is 0 Å². The van der Waals surface area contributed by atoms with E-state index >= 15 is 0 Å². The van der Waals surface area contributed by atoms with E-state index in [1.807, 2.05) is 12.3 Å². The molecular weight excluding hydrogens is 298 g/mol. The fourth-order valence-electron chi connectivity index (χ4n) is 1.84. The smallest absolute Gasteiger partial charge is 0.190 e. The van der Waals surface area contributed by atoms with Gasteiger partial charge in [0.2, 0.25) is 0 Å². The number of hydrogen-bond acceptors (Lipinski definition) is 5. The maximum absolute atomic E-state index is 4.58.